The first kappa shape index (κ1) is 19.6. The summed E-state index contributed by atoms with van der Waals surface area (Å²) in [7, 11) is 1.47. The van der Waals surface area contributed by atoms with Gasteiger partial charge >= 0.3 is 0 Å². The van der Waals surface area contributed by atoms with E-state index < -0.39 is 0 Å². The molecule has 3 aromatic rings. The number of aromatic hydroxyl groups is 1. The van der Waals surface area contributed by atoms with Crippen molar-refractivity contribution < 1.29 is 9.84 Å². The maximum Gasteiger partial charge on any atom is 0.282 e. The fraction of sp³-hybridized carbons (Fsp3) is 0.211. The Balaban J connectivity index is 2.17. The number of ether oxygens (including phenoxy) is 1. The predicted octanol–water partition coefficient (Wildman–Crippen LogP) is 4.64. The van der Waals surface area contributed by atoms with E-state index in [1.54, 1.807) is 18.2 Å². The number of hydrogen-bond donors (Lipinski definition) is 1. The lowest BCUT2D eigenvalue weighted by molar-refractivity contribution is 0.372. The number of methoxy groups -OCH3 is 1. The molecule has 0 fully saturated rings. The zero-order valence-electron chi connectivity index (χ0n) is 14.9. The highest BCUT2D eigenvalue weighted by Gasteiger charge is 2.14. The van der Waals surface area contributed by atoms with E-state index >= 15 is 0 Å². The predicted molar refractivity (Wildman–Crippen MR) is 113 cm³/mol. The molecule has 0 spiro atoms. The van der Waals surface area contributed by atoms with Crippen molar-refractivity contribution in [1.29, 1.82) is 0 Å². The first-order valence-corrected chi connectivity index (χ1v) is 9.73. The lowest BCUT2D eigenvalue weighted by atomic mass is 10.2. The van der Waals surface area contributed by atoms with Gasteiger partial charge in [0.1, 0.15) is 5.82 Å². The van der Waals surface area contributed by atoms with E-state index in [1.807, 2.05) is 26.0 Å². The van der Waals surface area contributed by atoms with Crippen molar-refractivity contribution in [3.63, 3.8) is 0 Å². The fourth-order valence-corrected chi connectivity index (χ4v) is 3.42. The van der Waals surface area contributed by atoms with Crippen LogP contribution in [0.15, 0.2) is 49.2 Å². The minimum atomic E-state index is -0.244. The van der Waals surface area contributed by atoms with E-state index in [1.165, 1.54) is 18.0 Å². The number of fused-ring (bicyclic) bond motifs is 1. The average Bonchev–Trinajstić information content (AvgIpc) is 2.63. The van der Waals surface area contributed by atoms with Crippen LogP contribution in [-0.4, -0.2) is 28.1 Å². The van der Waals surface area contributed by atoms with Gasteiger partial charge in [-0.15, -0.1) is 0 Å². The second-order valence-electron chi connectivity index (χ2n) is 6.20. The van der Waals surface area contributed by atoms with Crippen LogP contribution in [0.25, 0.3) is 10.9 Å². The molecule has 0 aliphatic heterocycles. The van der Waals surface area contributed by atoms with Crippen LogP contribution >= 0.6 is 31.9 Å². The van der Waals surface area contributed by atoms with Gasteiger partial charge in [0, 0.05) is 10.4 Å². The summed E-state index contributed by atoms with van der Waals surface area (Å²) in [4.78, 5) is 17.6. The summed E-state index contributed by atoms with van der Waals surface area (Å²) in [6.45, 7) is 3.91. The standard InChI is InChI=1S/C19H17Br2N3O3/c1-10(2)18-23-15-5-4-12(20)8-13(15)19(26)24(18)22-9-11-6-14(21)17(25)16(7-11)27-3/h4-10,25H,1-3H3. The molecule has 0 bridgehead atoms. The molecule has 1 aromatic heterocycles. The minimum absolute atomic E-state index is 0.00369. The highest BCUT2D eigenvalue weighted by Crippen LogP contribution is 2.34. The summed E-state index contributed by atoms with van der Waals surface area (Å²) in [5.74, 6) is 0.884. The highest BCUT2D eigenvalue weighted by atomic mass is 79.9. The molecule has 2 aromatic carbocycles. The van der Waals surface area contributed by atoms with Crippen molar-refractivity contribution in [3.8, 4) is 11.5 Å². The van der Waals surface area contributed by atoms with Crippen LogP contribution in [0.5, 0.6) is 11.5 Å². The van der Waals surface area contributed by atoms with Gasteiger partial charge in [0.05, 0.1) is 28.7 Å². The van der Waals surface area contributed by atoms with E-state index in [2.05, 4.69) is 41.9 Å². The third-order valence-corrected chi connectivity index (χ3v) is 5.04. The first-order valence-electron chi connectivity index (χ1n) is 8.15. The topological polar surface area (TPSA) is 76.7 Å². The van der Waals surface area contributed by atoms with Gasteiger partial charge in [0.15, 0.2) is 11.5 Å². The Morgan fingerprint density at radius 2 is 2.00 bits per heavy atom. The minimum Gasteiger partial charge on any atom is -0.503 e. The van der Waals surface area contributed by atoms with E-state index in [0.717, 1.165) is 4.47 Å². The van der Waals surface area contributed by atoms with Gasteiger partial charge in [0.25, 0.3) is 5.56 Å². The van der Waals surface area contributed by atoms with Gasteiger partial charge in [-0.25, -0.2) is 4.98 Å². The number of phenolic OH excluding ortho intramolecular Hbond substituents is 1. The molecule has 27 heavy (non-hydrogen) atoms. The molecule has 0 unspecified atom stereocenters. The Morgan fingerprint density at radius 3 is 2.67 bits per heavy atom. The van der Waals surface area contributed by atoms with Crippen LogP contribution in [-0.2, 0) is 0 Å². The molecular weight excluding hydrogens is 478 g/mol. The summed E-state index contributed by atoms with van der Waals surface area (Å²) < 4.78 is 7.73. The normalized spacial score (nSPS) is 11.6. The first-order chi connectivity index (χ1) is 12.8. The fourth-order valence-electron chi connectivity index (χ4n) is 2.60. The van der Waals surface area contributed by atoms with Crippen molar-refractivity contribution >= 4 is 49.0 Å². The Morgan fingerprint density at radius 1 is 1.26 bits per heavy atom. The van der Waals surface area contributed by atoms with Crippen molar-refractivity contribution in [1.82, 2.24) is 9.66 Å². The van der Waals surface area contributed by atoms with E-state index in [0.29, 0.717) is 32.5 Å². The zero-order valence-corrected chi connectivity index (χ0v) is 18.1. The van der Waals surface area contributed by atoms with Gasteiger partial charge in [0.2, 0.25) is 0 Å². The molecule has 0 aliphatic rings. The van der Waals surface area contributed by atoms with Gasteiger partial charge in [-0.2, -0.15) is 9.78 Å². The van der Waals surface area contributed by atoms with E-state index in [-0.39, 0.29) is 17.2 Å². The summed E-state index contributed by atoms with van der Waals surface area (Å²) >= 11 is 6.67. The summed E-state index contributed by atoms with van der Waals surface area (Å²) in [5.41, 5.74) is 1.05. The molecule has 140 valence electrons. The van der Waals surface area contributed by atoms with Gasteiger partial charge < -0.3 is 9.84 Å². The second kappa shape index (κ2) is 7.82. The zero-order chi connectivity index (χ0) is 19.7. The second-order valence-corrected chi connectivity index (χ2v) is 7.97. The molecule has 1 N–H and O–H groups in total. The summed E-state index contributed by atoms with van der Waals surface area (Å²) in [6.07, 6.45) is 1.53. The lowest BCUT2D eigenvalue weighted by Crippen LogP contribution is -2.23. The molecular formula is C19H17Br2N3O3. The number of hydrogen-bond acceptors (Lipinski definition) is 5. The SMILES string of the molecule is COc1cc(C=Nn2c(C(C)C)nc3ccc(Br)cc3c2=O)cc(Br)c1O. The van der Waals surface area contributed by atoms with Gasteiger partial charge in [-0.3, -0.25) is 4.79 Å². The molecule has 3 rings (SSSR count). The number of halogens is 2. The van der Waals surface area contributed by atoms with Crippen LogP contribution in [0, 0.1) is 0 Å². The molecule has 0 amide bonds. The molecule has 0 aliphatic carbocycles. The van der Waals surface area contributed by atoms with Crippen LogP contribution < -0.4 is 10.3 Å². The molecule has 6 nitrogen and oxygen atoms in total. The highest BCUT2D eigenvalue weighted by molar-refractivity contribution is 9.10. The third-order valence-electron chi connectivity index (χ3n) is 3.94. The average molecular weight is 495 g/mol. The van der Waals surface area contributed by atoms with Crippen LogP contribution in [0.3, 0.4) is 0 Å². The maximum absolute atomic E-state index is 13.0. The molecule has 0 radical (unpaired) electrons. The summed E-state index contributed by atoms with van der Waals surface area (Å²) in [5, 5.41) is 14.8. The number of benzene rings is 2. The van der Waals surface area contributed by atoms with Crippen molar-refractivity contribution in [2.45, 2.75) is 19.8 Å². The number of phenols is 1. The molecule has 0 saturated carbocycles. The van der Waals surface area contributed by atoms with Crippen molar-refractivity contribution in [3.05, 3.63) is 61.0 Å². The van der Waals surface area contributed by atoms with Crippen LogP contribution in [0.4, 0.5) is 0 Å². The Labute approximate surface area is 172 Å². The van der Waals surface area contributed by atoms with Crippen molar-refractivity contribution in [2.24, 2.45) is 5.10 Å². The number of aromatic nitrogens is 2. The molecule has 8 heteroatoms. The van der Waals surface area contributed by atoms with Gasteiger partial charge in [-0.1, -0.05) is 29.8 Å². The Hall–Kier alpha value is -2.19. The molecule has 0 saturated heterocycles. The number of rotatable bonds is 4. The lowest BCUT2D eigenvalue weighted by Gasteiger charge is -2.12. The van der Waals surface area contributed by atoms with Crippen LogP contribution in [0.2, 0.25) is 0 Å². The summed E-state index contributed by atoms with van der Waals surface area (Å²) in [6, 6.07) is 8.72. The molecule has 0 atom stereocenters. The molecule has 1 heterocycles. The maximum atomic E-state index is 13.0. The van der Waals surface area contributed by atoms with Crippen molar-refractivity contribution in [2.75, 3.05) is 7.11 Å². The third kappa shape index (κ3) is 3.91. The van der Waals surface area contributed by atoms with Gasteiger partial charge in [-0.05, 0) is 51.8 Å². The van der Waals surface area contributed by atoms with Crippen LogP contribution in [0.1, 0.15) is 31.2 Å². The van der Waals surface area contributed by atoms with E-state index in [4.69, 9.17) is 4.74 Å². The largest absolute Gasteiger partial charge is 0.503 e. The smallest absolute Gasteiger partial charge is 0.282 e. The number of nitrogens with zero attached hydrogens (tertiary/aromatic N) is 3. The van der Waals surface area contributed by atoms with E-state index in [9.17, 15) is 9.90 Å². The quantitative estimate of drug-likeness (QED) is 0.536. The Bertz CT molecular complexity index is 1110. The Kier molecular flexibility index (Phi) is 5.67. The monoisotopic (exact) mass is 493 g/mol.